The van der Waals surface area contributed by atoms with Gasteiger partial charge in [0.2, 0.25) is 0 Å². The van der Waals surface area contributed by atoms with Crippen LogP contribution in [0, 0.1) is 0 Å². The molecule has 0 spiro atoms. The molecular formula is C30H58ClNO2. The molecule has 0 amide bonds. The van der Waals surface area contributed by atoms with E-state index in [2.05, 4.69) is 86.1 Å². The van der Waals surface area contributed by atoms with Gasteiger partial charge in [-0.15, -0.1) is 0 Å². The highest BCUT2D eigenvalue weighted by Crippen LogP contribution is 2.18. The Morgan fingerprint density at radius 1 is 0.735 bits per heavy atom. The predicted octanol–water partition coefficient (Wildman–Crippen LogP) is 6.36. The van der Waals surface area contributed by atoms with E-state index in [1.165, 1.54) is 24.1 Å². The monoisotopic (exact) mass is 499 g/mol. The third-order valence-electron chi connectivity index (χ3n) is 5.27. The molecule has 0 fully saturated rings. The Bertz CT molecular complexity index is 679. The molecule has 0 saturated heterocycles. The summed E-state index contributed by atoms with van der Waals surface area (Å²) in [6.45, 7) is 12.1. The zero-order chi connectivity index (χ0) is 22.4. The van der Waals surface area contributed by atoms with Crippen molar-refractivity contribution in [2.75, 3.05) is 27.7 Å². The fourth-order valence-corrected chi connectivity index (χ4v) is 2.21. The molecule has 2 rings (SSSR count). The van der Waals surface area contributed by atoms with Gasteiger partial charge < -0.3 is 22.0 Å². The standard InChI is InChI=1S/C11H14O2.C10H14.C5H14N.4CH4.ClH/c1-3-8(2)9-4-6-10(7-5-9)11(12)13;1-3-9(2)10-7-5-4-6-8-10;1-5-6(2,3)4;;;;;/h4-8H,3H2,1-2H3,(H,12,13);4-9H,3H2,1-2H3;5H2,1-4H3;4*1H4;1H/q;;+1;;;;;/p-1. The predicted molar refractivity (Wildman–Crippen MR) is 153 cm³/mol. The van der Waals surface area contributed by atoms with E-state index in [0.29, 0.717) is 17.4 Å². The zero-order valence-electron chi connectivity index (χ0n) is 20.2. The topological polar surface area (TPSA) is 37.3 Å². The fourth-order valence-electron chi connectivity index (χ4n) is 2.21. The van der Waals surface area contributed by atoms with E-state index in [1.807, 2.05) is 12.1 Å². The number of carboxylic acids is 1. The Hall–Kier alpha value is -1.84. The number of quaternary nitrogens is 1. The number of benzene rings is 2. The number of carboxylic acid groups (broad SMARTS) is 1. The van der Waals surface area contributed by atoms with Crippen molar-refractivity contribution in [2.24, 2.45) is 0 Å². The fraction of sp³-hybridized carbons (Fsp3) is 0.567. The number of halogens is 1. The van der Waals surface area contributed by atoms with Crippen LogP contribution in [0.15, 0.2) is 54.6 Å². The van der Waals surface area contributed by atoms with Crippen LogP contribution >= 0.6 is 0 Å². The van der Waals surface area contributed by atoms with E-state index >= 15 is 0 Å². The van der Waals surface area contributed by atoms with Gasteiger partial charge >= 0.3 is 5.97 Å². The summed E-state index contributed by atoms with van der Waals surface area (Å²) < 4.78 is 1.07. The highest BCUT2D eigenvalue weighted by Gasteiger charge is 2.05. The number of hydrogen-bond donors (Lipinski definition) is 1. The first-order chi connectivity index (χ1) is 13.6. The lowest BCUT2D eigenvalue weighted by molar-refractivity contribution is -0.868. The molecule has 4 heteroatoms. The number of carbonyl (C=O) groups is 1. The van der Waals surface area contributed by atoms with Gasteiger partial charge in [0.25, 0.3) is 0 Å². The molecule has 0 aliphatic heterocycles. The van der Waals surface area contributed by atoms with E-state index in [9.17, 15) is 4.79 Å². The van der Waals surface area contributed by atoms with Crippen molar-refractivity contribution < 1.29 is 26.8 Å². The smallest absolute Gasteiger partial charge is 0.335 e. The Morgan fingerprint density at radius 3 is 1.32 bits per heavy atom. The highest BCUT2D eigenvalue weighted by atomic mass is 35.5. The Balaban J connectivity index is -0.0000000850. The molecule has 0 radical (unpaired) electrons. The average molecular weight is 500 g/mol. The van der Waals surface area contributed by atoms with Crippen molar-refractivity contribution >= 4 is 5.97 Å². The van der Waals surface area contributed by atoms with Crippen LogP contribution in [-0.2, 0) is 0 Å². The van der Waals surface area contributed by atoms with Gasteiger partial charge in [-0.1, -0.05) is 99.9 Å². The van der Waals surface area contributed by atoms with Crippen LogP contribution in [0.4, 0.5) is 0 Å². The second kappa shape index (κ2) is 24.3. The molecule has 2 aromatic carbocycles. The third-order valence-corrected chi connectivity index (χ3v) is 5.27. The first-order valence-electron chi connectivity index (χ1n) is 10.7. The summed E-state index contributed by atoms with van der Waals surface area (Å²) in [5.74, 6) is 0.347. The molecular weight excluding hydrogens is 442 g/mol. The lowest BCUT2D eigenvalue weighted by atomic mass is 9.98. The molecule has 2 atom stereocenters. The van der Waals surface area contributed by atoms with Gasteiger partial charge in [-0.2, -0.15) is 0 Å². The molecule has 0 bridgehead atoms. The van der Waals surface area contributed by atoms with E-state index in [4.69, 9.17) is 5.11 Å². The molecule has 2 unspecified atom stereocenters. The summed E-state index contributed by atoms with van der Waals surface area (Å²) in [4.78, 5) is 10.6. The minimum Gasteiger partial charge on any atom is -1.00 e. The summed E-state index contributed by atoms with van der Waals surface area (Å²) in [6.07, 6.45) is 2.30. The lowest BCUT2D eigenvalue weighted by Crippen LogP contribution is -3.00. The van der Waals surface area contributed by atoms with Gasteiger partial charge in [0.1, 0.15) is 0 Å². The van der Waals surface area contributed by atoms with Gasteiger partial charge in [-0.25, -0.2) is 4.79 Å². The van der Waals surface area contributed by atoms with Gasteiger partial charge in [0.15, 0.2) is 0 Å². The number of nitrogens with zero attached hydrogens (tertiary/aromatic N) is 1. The first-order valence-corrected chi connectivity index (χ1v) is 10.7. The van der Waals surface area contributed by atoms with Crippen LogP contribution < -0.4 is 12.4 Å². The summed E-state index contributed by atoms with van der Waals surface area (Å²) in [5.41, 5.74) is 3.00. The molecule has 0 heterocycles. The van der Waals surface area contributed by atoms with E-state index in [0.717, 1.165) is 10.9 Å². The minimum atomic E-state index is -0.865. The van der Waals surface area contributed by atoms with E-state index in [1.54, 1.807) is 12.1 Å². The third kappa shape index (κ3) is 20.7. The van der Waals surface area contributed by atoms with Crippen LogP contribution in [0.2, 0.25) is 0 Å². The molecule has 34 heavy (non-hydrogen) atoms. The van der Waals surface area contributed by atoms with Crippen molar-refractivity contribution in [3.63, 3.8) is 0 Å². The van der Waals surface area contributed by atoms with Gasteiger partial charge in [0, 0.05) is 0 Å². The summed E-state index contributed by atoms with van der Waals surface area (Å²) in [5, 5.41) is 8.67. The lowest BCUT2D eigenvalue weighted by Gasteiger charge is -2.20. The maximum absolute atomic E-state index is 10.6. The SMILES string of the molecule is C.C.C.C.CCC(C)c1ccc(C(=O)O)cc1.CCC(C)c1ccccc1.CC[N+](C)(C)C.[Cl-]. The van der Waals surface area contributed by atoms with Crippen molar-refractivity contribution in [1.82, 2.24) is 0 Å². The van der Waals surface area contributed by atoms with E-state index in [-0.39, 0.29) is 42.1 Å². The minimum absolute atomic E-state index is 0. The highest BCUT2D eigenvalue weighted by molar-refractivity contribution is 5.87. The maximum Gasteiger partial charge on any atom is 0.335 e. The maximum atomic E-state index is 10.6. The van der Waals surface area contributed by atoms with Crippen molar-refractivity contribution in [1.29, 1.82) is 0 Å². The zero-order valence-corrected chi connectivity index (χ0v) is 20.9. The molecule has 0 aliphatic rings. The largest absolute Gasteiger partial charge is 1.00 e. The molecule has 0 saturated carbocycles. The Labute approximate surface area is 220 Å². The summed E-state index contributed by atoms with van der Waals surface area (Å²) in [6, 6.07) is 17.7. The number of aromatic carboxylic acids is 1. The quantitative estimate of drug-likeness (QED) is 0.469. The van der Waals surface area contributed by atoms with Crippen LogP contribution in [0.5, 0.6) is 0 Å². The molecule has 3 nitrogen and oxygen atoms in total. The average Bonchev–Trinajstić information content (AvgIpc) is 2.73. The van der Waals surface area contributed by atoms with Crippen molar-refractivity contribution in [2.45, 2.75) is 89.0 Å². The second-order valence-corrected chi connectivity index (χ2v) is 8.56. The van der Waals surface area contributed by atoms with E-state index < -0.39 is 5.97 Å². The second-order valence-electron chi connectivity index (χ2n) is 8.56. The van der Waals surface area contributed by atoms with Crippen LogP contribution in [-0.4, -0.2) is 43.2 Å². The van der Waals surface area contributed by atoms with Gasteiger partial charge in [-0.05, 0) is 54.9 Å². The van der Waals surface area contributed by atoms with Crippen LogP contribution in [0.3, 0.4) is 0 Å². The molecule has 0 aliphatic carbocycles. The van der Waals surface area contributed by atoms with Gasteiger partial charge in [0.05, 0.1) is 33.3 Å². The van der Waals surface area contributed by atoms with Crippen molar-refractivity contribution in [3.05, 3.63) is 71.3 Å². The first kappa shape index (κ1) is 45.6. The normalized spacial score (nSPS) is 10.7. The Kier molecular flexibility index (Phi) is 32.6. The molecule has 1 N–H and O–H groups in total. The molecule has 202 valence electrons. The summed E-state index contributed by atoms with van der Waals surface area (Å²) >= 11 is 0. The molecule has 2 aromatic rings. The van der Waals surface area contributed by atoms with Crippen molar-refractivity contribution in [3.8, 4) is 0 Å². The molecule has 0 aromatic heterocycles. The number of hydrogen-bond acceptors (Lipinski definition) is 1. The number of rotatable bonds is 6. The van der Waals surface area contributed by atoms with Gasteiger partial charge in [-0.3, -0.25) is 0 Å². The summed E-state index contributed by atoms with van der Waals surface area (Å²) in [7, 11) is 6.54. The van der Waals surface area contributed by atoms with Crippen LogP contribution in [0.25, 0.3) is 0 Å². The van der Waals surface area contributed by atoms with Crippen LogP contribution in [0.1, 0.15) is 110 Å². The Morgan fingerprint density at radius 2 is 1.06 bits per heavy atom.